The van der Waals surface area contributed by atoms with E-state index in [1.165, 1.54) is 0 Å². The molecule has 4 rings (SSSR count). The third-order valence-electron chi connectivity index (χ3n) is 6.84. The Balaban J connectivity index is 1.26. The number of carbonyl (C=O) groups is 3. The molecule has 0 spiro atoms. The Morgan fingerprint density at radius 1 is 1.00 bits per heavy atom. The van der Waals surface area contributed by atoms with Crippen molar-refractivity contribution in [3.63, 3.8) is 0 Å². The Bertz CT molecular complexity index is 1040. The predicted molar refractivity (Wildman–Crippen MR) is 129 cm³/mol. The SMILES string of the molecule is CC(C)C(CNC(=O)OCC1c2ccccc2-c2ccccc21)CC(=O)NOC(C(=O)O)C1CC1. The molecule has 186 valence electrons. The molecule has 0 bridgehead atoms. The van der Waals surface area contributed by atoms with E-state index in [9.17, 15) is 19.5 Å². The summed E-state index contributed by atoms with van der Waals surface area (Å²) in [6.45, 7) is 4.40. The third-order valence-corrected chi connectivity index (χ3v) is 6.84. The molecule has 0 radical (unpaired) electrons. The Hall–Kier alpha value is -3.39. The third kappa shape index (κ3) is 6.00. The fraction of sp³-hybridized carbons (Fsp3) is 0.444. The normalized spacial score (nSPS) is 16.2. The lowest BCUT2D eigenvalue weighted by atomic mass is 9.92. The van der Waals surface area contributed by atoms with Gasteiger partial charge in [-0.2, -0.15) is 0 Å². The molecule has 2 atom stereocenters. The van der Waals surface area contributed by atoms with Gasteiger partial charge in [0.1, 0.15) is 6.61 Å². The Morgan fingerprint density at radius 3 is 2.14 bits per heavy atom. The number of hydrogen-bond donors (Lipinski definition) is 3. The second-order valence-electron chi connectivity index (χ2n) is 9.65. The molecule has 2 aromatic rings. The van der Waals surface area contributed by atoms with Gasteiger partial charge in [-0.05, 0) is 52.8 Å². The van der Waals surface area contributed by atoms with Crippen molar-refractivity contribution in [3.8, 4) is 11.1 Å². The standard InChI is InChI=1S/C27H32N2O6/c1-16(2)18(13-24(30)29-35-25(26(31)32)17-11-12-17)14-28-27(33)34-15-23-21-9-5-3-7-19(21)20-8-4-6-10-22(20)23/h3-10,16-18,23,25H,11-15H2,1-2H3,(H,28,33)(H,29,30)(H,31,32). The first kappa shape index (κ1) is 24.7. The Kier molecular flexibility index (Phi) is 7.70. The topological polar surface area (TPSA) is 114 Å². The minimum atomic E-state index is -1.08. The van der Waals surface area contributed by atoms with Gasteiger partial charge in [-0.3, -0.25) is 9.63 Å². The molecule has 1 fully saturated rings. The fourth-order valence-electron chi connectivity index (χ4n) is 4.56. The van der Waals surface area contributed by atoms with Crippen LogP contribution in [0.1, 0.15) is 50.2 Å². The molecular weight excluding hydrogens is 448 g/mol. The summed E-state index contributed by atoms with van der Waals surface area (Å²) in [6, 6.07) is 16.3. The van der Waals surface area contributed by atoms with Crippen LogP contribution in [0.15, 0.2) is 48.5 Å². The van der Waals surface area contributed by atoms with E-state index >= 15 is 0 Å². The van der Waals surface area contributed by atoms with Gasteiger partial charge in [-0.1, -0.05) is 62.4 Å². The monoisotopic (exact) mass is 480 g/mol. The molecule has 1 saturated carbocycles. The molecule has 2 aromatic carbocycles. The van der Waals surface area contributed by atoms with Crippen LogP contribution in [0.25, 0.3) is 11.1 Å². The number of benzene rings is 2. The zero-order valence-electron chi connectivity index (χ0n) is 20.0. The van der Waals surface area contributed by atoms with Gasteiger partial charge in [0, 0.05) is 18.9 Å². The van der Waals surface area contributed by atoms with E-state index in [2.05, 4.69) is 35.1 Å². The second kappa shape index (κ2) is 10.9. The molecule has 2 aliphatic rings. The number of ether oxygens (including phenoxy) is 1. The van der Waals surface area contributed by atoms with Crippen molar-refractivity contribution in [2.24, 2.45) is 17.8 Å². The summed E-state index contributed by atoms with van der Waals surface area (Å²) in [5, 5.41) is 12.0. The van der Waals surface area contributed by atoms with Crippen LogP contribution in [-0.2, 0) is 19.2 Å². The maximum atomic E-state index is 12.5. The quantitative estimate of drug-likeness (QED) is 0.417. The molecule has 0 aromatic heterocycles. The minimum Gasteiger partial charge on any atom is -0.479 e. The minimum absolute atomic E-state index is 0.0226. The average Bonchev–Trinajstić information content (AvgIpc) is 3.62. The van der Waals surface area contributed by atoms with Gasteiger partial charge in [0.05, 0.1) is 0 Å². The lowest BCUT2D eigenvalue weighted by Gasteiger charge is -2.22. The van der Waals surface area contributed by atoms with Gasteiger partial charge in [-0.25, -0.2) is 15.1 Å². The summed E-state index contributed by atoms with van der Waals surface area (Å²) in [5.41, 5.74) is 6.89. The number of carboxylic acid groups (broad SMARTS) is 1. The summed E-state index contributed by atoms with van der Waals surface area (Å²) in [5.74, 6) is -1.62. The van der Waals surface area contributed by atoms with Gasteiger partial charge in [0.25, 0.3) is 0 Å². The number of carbonyl (C=O) groups excluding carboxylic acids is 2. The number of hydrogen-bond acceptors (Lipinski definition) is 5. The summed E-state index contributed by atoms with van der Waals surface area (Å²) < 4.78 is 5.57. The highest BCUT2D eigenvalue weighted by atomic mass is 16.7. The zero-order valence-corrected chi connectivity index (χ0v) is 20.0. The Labute approximate surface area is 205 Å². The average molecular weight is 481 g/mol. The van der Waals surface area contributed by atoms with Crippen LogP contribution in [0.4, 0.5) is 4.79 Å². The van der Waals surface area contributed by atoms with Crippen LogP contribution in [0.3, 0.4) is 0 Å². The highest BCUT2D eigenvalue weighted by molar-refractivity contribution is 5.79. The molecule has 8 heteroatoms. The van der Waals surface area contributed by atoms with Crippen molar-refractivity contribution in [3.05, 3.63) is 59.7 Å². The molecule has 2 aliphatic carbocycles. The Morgan fingerprint density at radius 2 is 1.60 bits per heavy atom. The van der Waals surface area contributed by atoms with Crippen LogP contribution in [-0.4, -0.2) is 42.3 Å². The highest BCUT2D eigenvalue weighted by Crippen LogP contribution is 2.44. The molecule has 0 saturated heterocycles. The van der Waals surface area contributed by atoms with Crippen molar-refractivity contribution in [1.29, 1.82) is 0 Å². The van der Waals surface area contributed by atoms with Gasteiger partial charge in [0.2, 0.25) is 5.91 Å². The molecule has 8 nitrogen and oxygen atoms in total. The maximum absolute atomic E-state index is 12.5. The number of rotatable bonds is 11. The van der Waals surface area contributed by atoms with Crippen molar-refractivity contribution in [2.45, 2.75) is 45.1 Å². The van der Waals surface area contributed by atoms with Crippen molar-refractivity contribution in [1.82, 2.24) is 10.8 Å². The van der Waals surface area contributed by atoms with Gasteiger partial charge in [0.15, 0.2) is 6.10 Å². The predicted octanol–water partition coefficient (Wildman–Crippen LogP) is 4.10. The number of alkyl carbamates (subject to hydrolysis) is 1. The fourth-order valence-corrected chi connectivity index (χ4v) is 4.56. The lowest BCUT2D eigenvalue weighted by Crippen LogP contribution is -2.39. The van der Waals surface area contributed by atoms with Crippen molar-refractivity contribution >= 4 is 18.0 Å². The largest absolute Gasteiger partial charge is 0.479 e. The van der Waals surface area contributed by atoms with Crippen LogP contribution >= 0.6 is 0 Å². The molecular formula is C27H32N2O6. The highest BCUT2D eigenvalue weighted by Gasteiger charge is 2.38. The number of hydroxylamine groups is 1. The number of aliphatic carboxylic acids is 1. The second-order valence-corrected chi connectivity index (χ2v) is 9.65. The molecule has 0 heterocycles. The van der Waals surface area contributed by atoms with E-state index < -0.39 is 24.1 Å². The lowest BCUT2D eigenvalue weighted by molar-refractivity contribution is -0.162. The molecule has 2 unspecified atom stereocenters. The number of nitrogens with one attached hydrogen (secondary N) is 2. The number of amides is 2. The smallest absolute Gasteiger partial charge is 0.407 e. The molecule has 3 N–H and O–H groups in total. The summed E-state index contributed by atoms with van der Waals surface area (Å²) >= 11 is 0. The zero-order chi connectivity index (χ0) is 24.9. The molecule has 0 aliphatic heterocycles. The maximum Gasteiger partial charge on any atom is 0.407 e. The molecule has 35 heavy (non-hydrogen) atoms. The van der Waals surface area contributed by atoms with E-state index in [0.29, 0.717) is 0 Å². The van der Waals surface area contributed by atoms with E-state index in [1.54, 1.807) is 0 Å². The van der Waals surface area contributed by atoms with E-state index in [4.69, 9.17) is 9.57 Å². The van der Waals surface area contributed by atoms with Gasteiger partial charge < -0.3 is 15.2 Å². The molecule has 2 amide bonds. The van der Waals surface area contributed by atoms with Crippen molar-refractivity contribution < 1.29 is 29.1 Å². The van der Waals surface area contributed by atoms with E-state index in [1.807, 2.05) is 38.1 Å². The van der Waals surface area contributed by atoms with Gasteiger partial charge in [-0.15, -0.1) is 0 Å². The number of fused-ring (bicyclic) bond motifs is 3. The van der Waals surface area contributed by atoms with Gasteiger partial charge >= 0.3 is 12.1 Å². The number of carboxylic acids is 1. The van der Waals surface area contributed by atoms with Crippen LogP contribution in [0, 0.1) is 17.8 Å². The summed E-state index contributed by atoms with van der Waals surface area (Å²) in [6.07, 6.45) is 0.110. The first-order chi connectivity index (χ1) is 16.8. The van der Waals surface area contributed by atoms with Crippen molar-refractivity contribution in [2.75, 3.05) is 13.2 Å². The summed E-state index contributed by atoms with van der Waals surface area (Å²) in [7, 11) is 0. The first-order valence-electron chi connectivity index (χ1n) is 12.1. The summed E-state index contributed by atoms with van der Waals surface area (Å²) in [4.78, 5) is 41.2. The van der Waals surface area contributed by atoms with Crippen LogP contribution in [0.2, 0.25) is 0 Å². The van der Waals surface area contributed by atoms with Crippen LogP contribution in [0.5, 0.6) is 0 Å². The van der Waals surface area contributed by atoms with E-state index in [0.717, 1.165) is 35.1 Å². The van der Waals surface area contributed by atoms with E-state index in [-0.39, 0.29) is 43.2 Å². The first-order valence-corrected chi connectivity index (χ1v) is 12.1. The van der Waals surface area contributed by atoms with Crippen LogP contribution < -0.4 is 10.8 Å².